The van der Waals surface area contributed by atoms with Gasteiger partial charge < -0.3 is 15.2 Å². The van der Waals surface area contributed by atoms with Crippen molar-refractivity contribution in [2.75, 3.05) is 11.9 Å². The molecule has 0 aliphatic carbocycles. The molecule has 2 N–H and O–H groups in total. The normalized spacial score (nSPS) is 10.6. The second-order valence-corrected chi connectivity index (χ2v) is 6.80. The van der Waals surface area contributed by atoms with Crippen molar-refractivity contribution >= 4 is 63.1 Å². The van der Waals surface area contributed by atoms with E-state index >= 15 is 0 Å². The van der Waals surface area contributed by atoms with Gasteiger partial charge in [-0.05, 0) is 23.6 Å². The van der Waals surface area contributed by atoms with E-state index in [4.69, 9.17) is 39.5 Å². The first-order chi connectivity index (χ1) is 12.9. The van der Waals surface area contributed by atoms with E-state index in [9.17, 15) is 14.7 Å². The first-order valence-electron chi connectivity index (χ1n) is 7.69. The molecule has 0 aliphatic rings. The second-order valence-electron chi connectivity index (χ2n) is 5.55. The van der Waals surface area contributed by atoms with Gasteiger partial charge in [-0.1, -0.05) is 65.1 Å². The monoisotopic (exact) mass is 423 g/mol. The molecule has 0 saturated carbocycles. The molecule has 1 amide bonds. The summed E-state index contributed by atoms with van der Waals surface area (Å²) in [6, 6.07) is 13.0. The van der Waals surface area contributed by atoms with Crippen molar-refractivity contribution in [2.24, 2.45) is 0 Å². The minimum Gasteiger partial charge on any atom is -0.506 e. The summed E-state index contributed by atoms with van der Waals surface area (Å²) in [6.07, 6.45) is 0. The Morgan fingerprint density at radius 2 is 1.67 bits per heavy atom. The summed E-state index contributed by atoms with van der Waals surface area (Å²) in [5.74, 6) is -1.68. The fraction of sp³-hybridized carbons (Fsp3) is 0.0526. The number of aromatic hydroxyl groups is 1. The lowest BCUT2D eigenvalue weighted by atomic mass is 10.1. The molecule has 3 aromatic rings. The quantitative estimate of drug-likeness (QED) is 0.557. The number of hydrogen-bond acceptors (Lipinski definition) is 4. The average Bonchev–Trinajstić information content (AvgIpc) is 2.63. The first kappa shape index (κ1) is 19.3. The number of fused-ring (bicyclic) bond motifs is 1. The van der Waals surface area contributed by atoms with Crippen molar-refractivity contribution in [3.63, 3.8) is 0 Å². The molecule has 0 bridgehead atoms. The Morgan fingerprint density at radius 3 is 2.37 bits per heavy atom. The lowest BCUT2D eigenvalue weighted by molar-refractivity contribution is -0.119. The smallest absolute Gasteiger partial charge is 0.342 e. The van der Waals surface area contributed by atoms with Gasteiger partial charge in [-0.2, -0.15) is 0 Å². The zero-order valence-electron chi connectivity index (χ0n) is 13.6. The highest BCUT2D eigenvalue weighted by atomic mass is 35.5. The number of benzene rings is 3. The molecule has 0 saturated heterocycles. The molecule has 27 heavy (non-hydrogen) atoms. The van der Waals surface area contributed by atoms with Gasteiger partial charge in [0.15, 0.2) is 6.61 Å². The van der Waals surface area contributed by atoms with Crippen LogP contribution >= 0.6 is 34.8 Å². The molecule has 3 rings (SSSR count). The van der Waals surface area contributed by atoms with Crippen molar-refractivity contribution in [3.05, 3.63) is 69.2 Å². The van der Waals surface area contributed by atoms with E-state index in [0.717, 1.165) is 5.39 Å². The van der Waals surface area contributed by atoms with Gasteiger partial charge in [0.1, 0.15) is 11.3 Å². The average molecular weight is 425 g/mol. The molecule has 8 heteroatoms. The van der Waals surface area contributed by atoms with Crippen LogP contribution in [0.4, 0.5) is 5.69 Å². The highest BCUT2D eigenvalue weighted by molar-refractivity contribution is 6.42. The Labute approximate surface area is 169 Å². The van der Waals surface area contributed by atoms with E-state index in [0.29, 0.717) is 10.4 Å². The van der Waals surface area contributed by atoms with Gasteiger partial charge in [0.2, 0.25) is 0 Å². The fourth-order valence-corrected chi connectivity index (χ4v) is 3.38. The van der Waals surface area contributed by atoms with E-state index in [2.05, 4.69) is 5.32 Å². The van der Waals surface area contributed by atoms with Crippen molar-refractivity contribution in [1.29, 1.82) is 0 Å². The Hall–Kier alpha value is -2.47. The molecule has 0 atom stereocenters. The van der Waals surface area contributed by atoms with Crippen molar-refractivity contribution in [1.82, 2.24) is 0 Å². The van der Waals surface area contributed by atoms with Crippen LogP contribution in [0.3, 0.4) is 0 Å². The maximum Gasteiger partial charge on any atom is 0.342 e. The first-order valence-corrected chi connectivity index (χ1v) is 8.82. The molecule has 0 aromatic heterocycles. The third kappa shape index (κ3) is 4.27. The molecule has 5 nitrogen and oxygen atoms in total. The summed E-state index contributed by atoms with van der Waals surface area (Å²) in [7, 11) is 0. The number of rotatable bonds is 4. The number of nitrogens with one attached hydrogen (secondary N) is 1. The van der Waals surface area contributed by atoms with Gasteiger partial charge in [0.25, 0.3) is 5.91 Å². The van der Waals surface area contributed by atoms with Crippen LogP contribution in [0.25, 0.3) is 10.8 Å². The van der Waals surface area contributed by atoms with E-state index < -0.39 is 18.5 Å². The van der Waals surface area contributed by atoms with Gasteiger partial charge in [0.05, 0.1) is 15.7 Å². The summed E-state index contributed by atoms with van der Waals surface area (Å²) in [6.45, 7) is -0.583. The summed E-state index contributed by atoms with van der Waals surface area (Å²) in [5.41, 5.74) is 0.126. The van der Waals surface area contributed by atoms with Crippen LogP contribution in [0.5, 0.6) is 5.75 Å². The number of ether oxygens (including phenoxy) is 1. The van der Waals surface area contributed by atoms with E-state index in [1.807, 2.05) is 6.07 Å². The zero-order valence-corrected chi connectivity index (χ0v) is 15.9. The lowest BCUT2D eigenvalue weighted by Crippen LogP contribution is -2.21. The Bertz CT molecular complexity index is 1030. The minimum absolute atomic E-state index is 0.0379. The van der Waals surface area contributed by atoms with Crippen molar-refractivity contribution in [2.45, 2.75) is 0 Å². The van der Waals surface area contributed by atoms with Crippen LogP contribution in [-0.2, 0) is 9.53 Å². The molecule has 0 radical (unpaired) electrons. The van der Waals surface area contributed by atoms with Gasteiger partial charge in [0, 0.05) is 10.4 Å². The molecule has 0 unspecified atom stereocenters. The molecule has 0 spiro atoms. The number of phenols is 1. The fourth-order valence-electron chi connectivity index (χ4n) is 2.47. The molecule has 0 heterocycles. The van der Waals surface area contributed by atoms with Crippen LogP contribution in [0.15, 0.2) is 48.5 Å². The molecule has 138 valence electrons. The number of phenolic OH excluding ortho intramolecular Hbond substituents is 1. The Morgan fingerprint density at radius 1 is 1.00 bits per heavy atom. The Balaban J connectivity index is 1.69. The van der Waals surface area contributed by atoms with Crippen LogP contribution in [-0.4, -0.2) is 23.6 Å². The third-order valence-corrected chi connectivity index (χ3v) is 4.54. The number of esters is 1. The number of carbonyl (C=O) groups is 2. The largest absolute Gasteiger partial charge is 0.506 e. The predicted octanol–water partition coefficient (Wildman–Crippen LogP) is 5.30. The Kier molecular flexibility index (Phi) is 5.75. The number of hydrogen-bond donors (Lipinski definition) is 2. The summed E-state index contributed by atoms with van der Waals surface area (Å²) in [4.78, 5) is 24.2. The van der Waals surface area contributed by atoms with E-state index in [1.54, 1.807) is 24.3 Å². The lowest BCUT2D eigenvalue weighted by Gasteiger charge is -2.11. The number of carbonyl (C=O) groups excluding carboxylic acids is 2. The van der Waals surface area contributed by atoms with Crippen LogP contribution in [0.2, 0.25) is 15.1 Å². The maximum absolute atomic E-state index is 12.2. The number of anilines is 1. The predicted molar refractivity (Wildman–Crippen MR) is 106 cm³/mol. The van der Waals surface area contributed by atoms with E-state index in [1.165, 1.54) is 18.2 Å². The minimum atomic E-state index is -0.832. The standard InChI is InChI=1S/C19H12Cl3NO4/c20-11-7-14(21)17(15(22)8-11)23-16(24)9-27-19(26)13-6-5-10-3-1-2-4-12(10)18(13)25/h1-8,25H,9H2,(H,23,24). The van der Waals surface area contributed by atoms with Gasteiger partial charge in [-0.3, -0.25) is 4.79 Å². The zero-order chi connectivity index (χ0) is 19.6. The highest BCUT2D eigenvalue weighted by Crippen LogP contribution is 2.33. The van der Waals surface area contributed by atoms with Crippen molar-refractivity contribution < 1.29 is 19.4 Å². The van der Waals surface area contributed by atoms with Crippen molar-refractivity contribution in [3.8, 4) is 5.75 Å². The molecular weight excluding hydrogens is 413 g/mol. The third-order valence-electron chi connectivity index (χ3n) is 3.73. The maximum atomic E-state index is 12.2. The van der Waals surface area contributed by atoms with Gasteiger partial charge >= 0.3 is 5.97 Å². The van der Waals surface area contributed by atoms with Crippen LogP contribution in [0.1, 0.15) is 10.4 Å². The summed E-state index contributed by atoms with van der Waals surface area (Å²) >= 11 is 17.8. The number of halogens is 3. The number of amides is 1. The highest BCUT2D eigenvalue weighted by Gasteiger charge is 2.17. The summed E-state index contributed by atoms with van der Waals surface area (Å²) < 4.78 is 4.97. The molecular formula is C19H12Cl3NO4. The SMILES string of the molecule is O=C(COC(=O)c1ccc2ccccc2c1O)Nc1c(Cl)cc(Cl)cc1Cl. The molecule has 0 fully saturated rings. The van der Waals surface area contributed by atoms with Crippen LogP contribution < -0.4 is 5.32 Å². The van der Waals surface area contributed by atoms with Crippen LogP contribution in [0, 0.1) is 0 Å². The van der Waals surface area contributed by atoms with Gasteiger partial charge in [-0.25, -0.2) is 4.79 Å². The summed E-state index contributed by atoms with van der Waals surface area (Å²) in [5, 5.41) is 14.6. The van der Waals surface area contributed by atoms with E-state index in [-0.39, 0.29) is 27.0 Å². The topological polar surface area (TPSA) is 75.6 Å². The molecule has 3 aromatic carbocycles. The van der Waals surface area contributed by atoms with Gasteiger partial charge in [-0.15, -0.1) is 0 Å². The second kappa shape index (κ2) is 8.05. The molecule has 0 aliphatic heterocycles.